The third-order valence-electron chi connectivity index (χ3n) is 2.81. The van der Waals surface area contributed by atoms with Gasteiger partial charge in [-0.2, -0.15) is 0 Å². The molecule has 2 rings (SSSR count). The Hall–Kier alpha value is -2.74. The number of halogens is 1. The molecule has 0 spiro atoms. The summed E-state index contributed by atoms with van der Waals surface area (Å²) in [6.07, 6.45) is 0. The van der Waals surface area contributed by atoms with Gasteiger partial charge in [-0.3, -0.25) is 9.59 Å². The third-order valence-corrected chi connectivity index (χ3v) is 4.26. The van der Waals surface area contributed by atoms with Crippen molar-refractivity contribution < 1.29 is 22.4 Å². The summed E-state index contributed by atoms with van der Waals surface area (Å²) in [6.45, 7) is 1.09. The maximum Gasteiger partial charge on any atom is 0.264 e. The van der Waals surface area contributed by atoms with Gasteiger partial charge in [-0.15, -0.1) is 0 Å². The Morgan fingerprint density at radius 3 is 2.04 bits per heavy atom. The second kappa shape index (κ2) is 6.57. The summed E-state index contributed by atoms with van der Waals surface area (Å²) in [4.78, 5) is 22.7. The van der Waals surface area contributed by atoms with Gasteiger partial charge in [0.1, 0.15) is 5.82 Å². The van der Waals surface area contributed by atoms with E-state index in [1.54, 1.807) is 0 Å². The first kappa shape index (κ1) is 16.6. The first-order valence-electron chi connectivity index (χ1n) is 6.48. The van der Waals surface area contributed by atoms with Gasteiger partial charge in [-0.25, -0.2) is 17.5 Å². The van der Waals surface area contributed by atoms with Crippen LogP contribution in [-0.2, 0) is 14.8 Å². The van der Waals surface area contributed by atoms with Crippen LogP contribution in [0.15, 0.2) is 53.4 Å². The average molecular weight is 336 g/mol. The molecule has 0 unspecified atom stereocenters. The van der Waals surface area contributed by atoms with Crippen LogP contribution >= 0.6 is 0 Å². The van der Waals surface area contributed by atoms with Gasteiger partial charge < -0.3 is 5.32 Å². The number of amides is 2. The van der Waals surface area contributed by atoms with E-state index in [4.69, 9.17) is 0 Å². The molecule has 2 aromatic carbocycles. The number of hydrogen-bond acceptors (Lipinski definition) is 4. The molecule has 2 N–H and O–H groups in total. The number of sulfonamides is 1. The summed E-state index contributed by atoms with van der Waals surface area (Å²) in [5.74, 6) is -1.60. The largest absolute Gasteiger partial charge is 0.322 e. The van der Waals surface area contributed by atoms with E-state index in [2.05, 4.69) is 5.32 Å². The smallest absolute Gasteiger partial charge is 0.264 e. The summed E-state index contributed by atoms with van der Waals surface area (Å²) in [6, 6.07) is 10.3. The molecular formula is C15H13FN2O4S. The Labute approximate surface area is 132 Å². The molecule has 0 fully saturated rings. The SMILES string of the molecule is CC(=O)NS(=O)(=O)c1ccc(NC(=O)c2ccc(F)cc2)cc1. The Balaban J connectivity index is 2.12. The molecule has 0 bridgehead atoms. The minimum Gasteiger partial charge on any atom is -0.322 e. The number of rotatable bonds is 4. The molecular weight excluding hydrogens is 323 g/mol. The normalized spacial score (nSPS) is 10.9. The average Bonchev–Trinajstić information content (AvgIpc) is 2.47. The fourth-order valence-corrected chi connectivity index (χ4v) is 2.76. The molecule has 0 aromatic heterocycles. The molecule has 23 heavy (non-hydrogen) atoms. The van der Waals surface area contributed by atoms with Crippen molar-refractivity contribution in [2.75, 3.05) is 5.32 Å². The molecule has 0 heterocycles. The van der Waals surface area contributed by atoms with Crippen molar-refractivity contribution in [1.82, 2.24) is 4.72 Å². The minimum absolute atomic E-state index is 0.104. The van der Waals surface area contributed by atoms with Crippen LogP contribution in [-0.4, -0.2) is 20.2 Å². The van der Waals surface area contributed by atoms with Gasteiger partial charge in [0.05, 0.1) is 4.90 Å². The molecule has 0 atom stereocenters. The van der Waals surface area contributed by atoms with E-state index in [1.807, 2.05) is 4.72 Å². The molecule has 8 heteroatoms. The van der Waals surface area contributed by atoms with Crippen molar-refractivity contribution in [3.63, 3.8) is 0 Å². The van der Waals surface area contributed by atoms with Gasteiger partial charge in [0, 0.05) is 18.2 Å². The molecule has 6 nitrogen and oxygen atoms in total. The summed E-state index contributed by atoms with van der Waals surface area (Å²) >= 11 is 0. The number of hydrogen-bond donors (Lipinski definition) is 2. The Bertz CT molecular complexity index is 831. The van der Waals surface area contributed by atoms with Crippen LogP contribution in [0.4, 0.5) is 10.1 Å². The molecule has 0 aliphatic rings. The van der Waals surface area contributed by atoms with Gasteiger partial charge in [-0.1, -0.05) is 0 Å². The molecule has 120 valence electrons. The molecule has 0 saturated carbocycles. The van der Waals surface area contributed by atoms with Crippen LogP contribution in [0.3, 0.4) is 0 Å². The van der Waals surface area contributed by atoms with Gasteiger partial charge in [0.2, 0.25) is 5.91 Å². The number of carbonyl (C=O) groups is 2. The van der Waals surface area contributed by atoms with E-state index in [0.717, 1.165) is 19.1 Å². The van der Waals surface area contributed by atoms with Crippen LogP contribution in [0.25, 0.3) is 0 Å². The Morgan fingerprint density at radius 2 is 1.52 bits per heavy atom. The van der Waals surface area contributed by atoms with Gasteiger partial charge >= 0.3 is 0 Å². The lowest BCUT2D eigenvalue weighted by Crippen LogP contribution is -2.28. The van der Waals surface area contributed by atoms with E-state index in [9.17, 15) is 22.4 Å². The van der Waals surface area contributed by atoms with Gasteiger partial charge in [0.25, 0.3) is 15.9 Å². The molecule has 2 aromatic rings. The van der Waals surface area contributed by atoms with E-state index < -0.39 is 27.7 Å². The van der Waals surface area contributed by atoms with Crippen LogP contribution in [0, 0.1) is 5.82 Å². The first-order valence-corrected chi connectivity index (χ1v) is 7.96. The van der Waals surface area contributed by atoms with Crippen molar-refractivity contribution >= 4 is 27.5 Å². The summed E-state index contributed by atoms with van der Waals surface area (Å²) in [7, 11) is -3.92. The standard InChI is InChI=1S/C15H13FN2O4S/c1-10(19)18-23(21,22)14-8-6-13(7-9-14)17-15(20)11-2-4-12(16)5-3-11/h2-9H,1H3,(H,17,20)(H,18,19). The highest BCUT2D eigenvalue weighted by Gasteiger charge is 2.15. The topological polar surface area (TPSA) is 92.3 Å². The van der Waals surface area contributed by atoms with Crippen LogP contribution < -0.4 is 10.0 Å². The highest BCUT2D eigenvalue weighted by atomic mass is 32.2. The second-order valence-corrected chi connectivity index (χ2v) is 6.33. The molecule has 2 amide bonds. The fourth-order valence-electron chi connectivity index (χ4n) is 1.77. The zero-order valence-electron chi connectivity index (χ0n) is 12.0. The zero-order chi connectivity index (χ0) is 17.0. The van der Waals surface area contributed by atoms with Crippen LogP contribution in [0.2, 0.25) is 0 Å². The highest BCUT2D eigenvalue weighted by Crippen LogP contribution is 2.15. The van der Waals surface area contributed by atoms with Crippen molar-refractivity contribution in [1.29, 1.82) is 0 Å². The minimum atomic E-state index is -3.92. The van der Waals surface area contributed by atoms with Crippen molar-refractivity contribution in [2.45, 2.75) is 11.8 Å². The first-order chi connectivity index (χ1) is 10.8. The lowest BCUT2D eigenvalue weighted by Gasteiger charge is -2.07. The van der Waals surface area contributed by atoms with Crippen molar-refractivity contribution in [3.05, 3.63) is 59.9 Å². The molecule has 0 aliphatic carbocycles. The summed E-state index contributed by atoms with van der Waals surface area (Å²) < 4.78 is 38.2. The van der Waals surface area contributed by atoms with Gasteiger partial charge in [0.15, 0.2) is 0 Å². The number of carbonyl (C=O) groups excluding carboxylic acids is 2. The Kier molecular flexibility index (Phi) is 4.75. The second-order valence-electron chi connectivity index (χ2n) is 4.65. The van der Waals surface area contributed by atoms with Gasteiger partial charge in [-0.05, 0) is 48.5 Å². The predicted octanol–water partition coefficient (Wildman–Crippen LogP) is 1.90. The maximum atomic E-state index is 12.8. The number of nitrogens with one attached hydrogen (secondary N) is 2. The lowest BCUT2D eigenvalue weighted by atomic mass is 10.2. The third kappa shape index (κ3) is 4.36. The fraction of sp³-hybridized carbons (Fsp3) is 0.0667. The van der Waals surface area contributed by atoms with E-state index >= 15 is 0 Å². The summed E-state index contributed by atoms with van der Waals surface area (Å²) in [5.41, 5.74) is 0.627. The molecule has 0 aliphatic heterocycles. The maximum absolute atomic E-state index is 12.8. The number of anilines is 1. The van der Waals surface area contributed by atoms with Crippen molar-refractivity contribution in [2.24, 2.45) is 0 Å². The van der Waals surface area contributed by atoms with Crippen molar-refractivity contribution in [3.8, 4) is 0 Å². The van der Waals surface area contributed by atoms with E-state index in [0.29, 0.717) is 5.69 Å². The summed E-state index contributed by atoms with van der Waals surface area (Å²) in [5, 5.41) is 2.55. The van der Waals surface area contributed by atoms with Crippen LogP contribution in [0.1, 0.15) is 17.3 Å². The zero-order valence-corrected chi connectivity index (χ0v) is 12.9. The lowest BCUT2D eigenvalue weighted by molar-refractivity contribution is -0.117. The Morgan fingerprint density at radius 1 is 0.957 bits per heavy atom. The van der Waals surface area contributed by atoms with E-state index in [-0.39, 0.29) is 10.5 Å². The molecule has 0 radical (unpaired) electrons. The van der Waals surface area contributed by atoms with Crippen LogP contribution in [0.5, 0.6) is 0 Å². The van der Waals surface area contributed by atoms with E-state index in [1.165, 1.54) is 36.4 Å². The molecule has 0 saturated heterocycles. The predicted molar refractivity (Wildman–Crippen MR) is 81.8 cm³/mol. The quantitative estimate of drug-likeness (QED) is 0.892. The number of benzene rings is 2. The highest BCUT2D eigenvalue weighted by molar-refractivity contribution is 7.90. The monoisotopic (exact) mass is 336 g/mol.